The first-order chi connectivity index (χ1) is 21.4. The number of carboxylic acids is 1. The van der Waals surface area contributed by atoms with E-state index in [0.717, 1.165) is 62.6 Å². The van der Waals surface area contributed by atoms with Gasteiger partial charge in [0.05, 0.1) is 0 Å². The third-order valence-corrected chi connectivity index (χ3v) is 8.30. The number of ketones is 1. The molecule has 232 valence electrons. The molecule has 0 unspecified atom stereocenters. The third kappa shape index (κ3) is 10.6. The van der Waals surface area contributed by atoms with Crippen molar-refractivity contribution in [2.24, 2.45) is 0 Å². The molecule has 0 fully saturated rings. The van der Waals surface area contributed by atoms with E-state index < -0.39 is 5.97 Å². The first-order valence-corrected chi connectivity index (χ1v) is 16.3. The fourth-order valence-electron chi connectivity index (χ4n) is 5.88. The van der Waals surface area contributed by atoms with Gasteiger partial charge in [0.15, 0.2) is 5.78 Å². The number of benzene rings is 3. The molecule has 0 aliphatic rings. The van der Waals surface area contributed by atoms with Crippen molar-refractivity contribution in [2.75, 3.05) is 5.32 Å². The molecule has 0 bridgehead atoms. The number of aromatic nitrogens is 1. The monoisotopic (exact) mass is 592 g/mol. The number of aliphatic carboxylic acids is 1. The predicted molar refractivity (Wildman–Crippen MR) is 181 cm³/mol. The summed E-state index contributed by atoms with van der Waals surface area (Å²) in [6.45, 7) is 4.76. The van der Waals surface area contributed by atoms with Crippen LogP contribution in [0.4, 0.5) is 5.69 Å². The topological polar surface area (TPSA) is 71.3 Å². The lowest BCUT2D eigenvalue weighted by Gasteiger charge is -2.21. The largest absolute Gasteiger partial charge is 0.481 e. The second-order valence-electron chi connectivity index (χ2n) is 12.2. The molecule has 4 aromatic rings. The Labute approximate surface area is 263 Å². The average molecular weight is 593 g/mol. The number of unbranched alkanes of at least 4 members (excludes halogenated alkanes) is 2. The van der Waals surface area contributed by atoms with Gasteiger partial charge in [-0.15, -0.1) is 0 Å². The Morgan fingerprint density at radius 2 is 1.36 bits per heavy atom. The lowest BCUT2D eigenvalue weighted by molar-refractivity contribution is -0.137. The molecule has 0 amide bonds. The number of anilines is 1. The van der Waals surface area contributed by atoms with Gasteiger partial charge in [-0.1, -0.05) is 99.5 Å². The van der Waals surface area contributed by atoms with Crippen LogP contribution in [0.15, 0.2) is 97.3 Å². The maximum Gasteiger partial charge on any atom is 0.303 e. The number of nitrogens with zero attached hydrogens (tertiary/aromatic N) is 1. The minimum absolute atomic E-state index is 0.0107. The highest BCUT2D eigenvalue weighted by molar-refractivity contribution is 6.10. The molecule has 0 saturated carbocycles. The van der Waals surface area contributed by atoms with E-state index in [9.17, 15) is 9.59 Å². The summed E-state index contributed by atoms with van der Waals surface area (Å²) in [6.07, 6.45) is 13.5. The van der Waals surface area contributed by atoms with Crippen molar-refractivity contribution in [1.29, 1.82) is 0 Å². The molecule has 5 nitrogen and oxygen atoms in total. The van der Waals surface area contributed by atoms with E-state index in [-0.39, 0.29) is 18.1 Å². The van der Waals surface area contributed by atoms with Gasteiger partial charge in [0.1, 0.15) is 0 Å². The summed E-state index contributed by atoms with van der Waals surface area (Å²) in [6, 6.07) is 29.7. The normalized spacial score (nSPS) is 11.3. The standard InChI is InChI=1S/C39H48N2O3/c1-30(2)36-28-41(26-14-25-38(42)43)29-37(36)39(44)33-21-13-24-35(27-33)40-34(22-11-9-19-31-15-5-3-6-16-31)23-12-10-20-32-17-7-4-8-18-32/h3-8,13,15-18,21,24,27-30,34,40H,9-12,14,19-20,22-23,25-26H2,1-2H3,(H,42,43). The SMILES string of the molecule is CC(C)c1cn(CCCC(=O)O)cc1C(=O)c1cccc(NC(CCCCc2ccccc2)CCCCc2ccccc2)c1. The van der Waals surface area contributed by atoms with Gasteiger partial charge in [0.25, 0.3) is 0 Å². The minimum Gasteiger partial charge on any atom is -0.481 e. The van der Waals surface area contributed by atoms with Crippen molar-refractivity contribution in [1.82, 2.24) is 4.57 Å². The van der Waals surface area contributed by atoms with Crippen LogP contribution in [0, 0.1) is 0 Å². The lowest BCUT2D eigenvalue weighted by atomic mass is 9.96. The van der Waals surface area contributed by atoms with E-state index in [1.807, 2.05) is 35.2 Å². The van der Waals surface area contributed by atoms with Crippen LogP contribution < -0.4 is 5.32 Å². The summed E-state index contributed by atoms with van der Waals surface area (Å²) in [7, 11) is 0. The molecule has 0 radical (unpaired) electrons. The van der Waals surface area contributed by atoms with Gasteiger partial charge in [-0.05, 0) is 79.7 Å². The quantitative estimate of drug-likeness (QED) is 0.0841. The third-order valence-electron chi connectivity index (χ3n) is 8.30. The molecule has 0 spiro atoms. The van der Waals surface area contributed by atoms with Gasteiger partial charge in [-0.3, -0.25) is 9.59 Å². The van der Waals surface area contributed by atoms with Crippen LogP contribution in [0.5, 0.6) is 0 Å². The van der Waals surface area contributed by atoms with Crippen LogP contribution in [0.2, 0.25) is 0 Å². The van der Waals surface area contributed by atoms with E-state index in [1.165, 1.54) is 11.1 Å². The molecule has 1 aromatic heterocycles. The molecule has 0 aliphatic heterocycles. The molecular formula is C39H48N2O3. The average Bonchev–Trinajstić information content (AvgIpc) is 3.46. The van der Waals surface area contributed by atoms with Gasteiger partial charge >= 0.3 is 5.97 Å². The zero-order valence-electron chi connectivity index (χ0n) is 26.4. The van der Waals surface area contributed by atoms with Crippen LogP contribution in [-0.2, 0) is 24.2 Å². The van der Waals surface area contributed by atoms with Crippen LogP contribution in [-0.4, -0.2) is 27.5 Å². The summed E-state index contributed by atoms with van der Waals surface area (Å²) in [5.74, 6) is -0.601. The summed E-state index contributed by atoms with van der Waals surface area (Å²) in [5.41, 5.74) is 6.14. The summed E-state index contributed by atoms with van der Waals surface area (Å²) in [4.78, 5) is 24.7. The smallest absolute Gasteiger partial charge is 0.303 e. The van der Waals surface area contributed by atoms with Crippen LogP contribution in [0.25, 0.3) is 0 Å². The number of carboxylic acid groups (broad SMARTS) is 1. The van der Waals surface area contributed by atoms with Crippen molar-refractivity contribution in [3.8, 4) is 0 Å². The Kier molecular flexibility index (Phi) is 12.8. The number of rotatable bonds is 19. The highest BCUT2D eigenvalue weighted by atomic mass is 16.4. The van der Waals surface area contributed by atoms with Crippen molar-refractivity contribution in [3.63, 3.8) is 0 Å². The molecule has 2 N–H and O–H groups in total. The Morgan fingerprint density at radius 3 is 1.93 bits per heavy atom. The summed E-state index contributed by atoms with van der Waals surface area (Å²) >= 11 is 0. The zero-order valence-corrected chi connectivity index (χ0v) is 26.4. The maximum atomic E-state index is 13.8. The Morgan fingerprint density at radius 1 is 0.750 bits per heavy atom. The van der Waals surface area contributed by atoms with Gasteiger partial charge in [0, 0.05) is 48.2 Å². The highest BCUT2D eigenvalue weighted by Crippen LogP contribution is 2.26. The number of aryl methyl sites for hydroxylation is 3. The number of carbonyl (C=O) groups is 2. The Balaban J connectivity index is 1.41. The summed E-state index contributed by atoms with van der Waals surface area (Å²) in [5, 5.41) is 12.8. The zero-order chi connectivity index (χ0) is 31.1. The number of nitrogens with one attached hydrogen (secondary N) is 1. The summed E-state index contributed by atoms with van der Waals surface area (Å²) < 4.78 is 1.97. The number of carbonyl (C=O) groups excluding carboxylic acids is 1. The lowest BCUT2D eigenvalue weighted by Crippen LogP contribution is -2.20. The van der Waals surface area contributed by atoms with Gasteiger partial charge in [-0.25, -0.2) is 0 Å². The molecule has 0 aliphatic carbocycles. The molecular weight excluding hydrogens is 544 g/mol. The first kappa shape index (κ1) is 32.8. The number of hydrogen-bond acceptors (Lipinski definition) is 3. The van der Waals surface area contributed by atoms with E-state index in [0.29, 0.717) is 30.1 Å². The second kappa shape index (κ2) is 17.2. The molecule has 1 heterocycles. The number of hydrogen-bond donors (Lipinski definition) is 2. The molecule has 5 heteroatoms. The van der Waals surface area contributed by atoms with E-state index in [1.54, 1.807) is 0 Å². The van der Waals surface area contributed by atoms with Gasteiger partial charge in [0.2, 0.25) is 0 Å². The fraction of sp³-hybridized carbons (Fsp3) is 0.385. The molecule has 0 saturated heterocycles. The molecule has 44 heavy (non-hydrogen) atoms. The predicted octanol–water partition coefficient (Wildman–Crippen LogP) is 9.31. The first-order valence-electron chi connectivity index (χ1n) is 16.3. The molecule has 0 atom stereocenters. The van der Waals surface area contributed by atoms with Crippen LogP contribution in [0.1, 0.15) is 104 Å². The van der Waals surface area contributed by atoms with Crippen molar-refractivity contribution < 1.29 is 14.7 Å². The van der Waals surface area contributed by atoms with Gasteiger partial charge in [-0.2, -0.15) is 0 Å². The van der Waals surface area contributed by atoms with Crippen LogP contribution in [0.3, 0.4) is 0 Å². The fourth-order valence-corrected chi connectivity index (χ4v) is 5.88. The molecule has 4 rings (SSSR count). The van der Waals surface area contributed by atoms with Crippen LogP contribution >= 0.6 is 0 Å². The van der Waals surface area contributed by atoms with E-state index in [2.05, 4.69) is 85.9 Å². The van der Waals surface area contributed by atoms with Gasteiger partial charge < -0.3 is 15.0 Å². The van der Waals surface area contributed by atoms with Crippen molar-refractivity contribution in [2.45, 2.75) is 96.6 Å². The highest BCUT2D eigenvalue weighted by Gasteiger charge is 2.19. The molecule has 3 aromatic carbocycles. The van der Waals surface area contributed by atoms with E-state index >= 15 is 0 Å². The Bertz CT molecular complexity index is 1400. The second-order valence-corrected chi connectivity index (χ2v) is 12.2. The van der Waals surface area contributed by atoms with Crippen molar-refractivity contribution in [3.05, 3.63) is 125 Å². The van der Waals surface area contributed by atoms with Crippen molar-refractivity contribution >= 4 is 17.4 Å². The maximum absolute atomic E-state index is 13.8. The van der Waals surface area contributed by atoms with E-state index in [4.69, 9.17) is 5.11 Å². The Hall–Kier alpha value is -4.12. The minimum atomic E-state index is -0.799.